The van der Waals surface area contributed by atoms with Crippen LogP contribution in [0.25, 0.3) is 0 Å². The van der Waals surface area contributed by atoms with Crippen LogP contribution in [0.2, 0.25) is 0 Å². The molecule has 2 atom stereocenters. The number of nitrogens with zero attached hydrogens (tertiary/aromatic N) is 1. The Labute approximate surface area is 143 Å². The normalized spacial score (nSPS) is 27.4. The molecule has 2 heterocycles. The van der Waals surface area contributed by atoms with Crippen LogP contribution in [0, 0.1) is 5.92 Å². The van der Waals surface area contributed by atoms with E-state index in [1.54, 1.807) is 14.2 Å². The van der Waals surface area contributed by atoms with Crippen LogP contribution in [0.15, 0.2) is 30.3 Å². The fourth-order valence-electron chi connectivity index (χ4n) is 3.90. The first-order valence-corrected chi connectivity index (χ1v) is 8.67. The summed E-state index contributed by atoms with van der Waals surface area (Å²) in [5.41, 5.74) is 1.32. The Morgan fingerprint density at radius 2 is 1.79 bits per heavy atom. The molecule has 0 aliphatic carbocycles. The molecule has 0 amide bonds. The Balaban J connectivity index is 1.63. The van der Waals surface area contributed by atoms with Gasteiger partial charge in [-0.1, -0.05) is 30.3 Å². The summed E-state index contributed by atoms with van der Waals surface area (Å²) in [6, 6.07) is 11.2. The zero-order valence-electron chi connectivity index (χ0n) is 14.5. The second kappa shape index (κ2) is 8.21. The Morgan fingerprint density at radius 1 is 1.17 bits per heavy atom. The van der Waals surface area contributed by atoms with Crippen LogP contribution >= 0.6 is 0 Å². The van der Waals surface area contributed by atoms with Crippen molar-refractivity contribution in [3.05, 3.63) is 35.9 Å². The molecular weight excluding hydrogens is 306 g/mol. The van der Waals surface area contributed by atoms with E-state index in [0.29, 0.717) is 31.7 Å². The number of hydrogen-bond acceptors (Lipinski definition) is 5. The number of Topliss-reactive ketones (excluding diaryl/α,β-unsaturated/α-hetero) is 1. The Hall–Kier alpha value is -1.27. The van der Waals surface area contributed by atoms with Crippen molar-refractivity contribution in [2.24, 2.45) is 5.92 Å². The summed E-state index contributed by atoms with van der Waals surface area (Å²) in [4.78, 5) is 15.1. The molecule has 2 bridgehead atoms. The van der Waals surface area contributed by atoms with Gasteiger partial charge in [0.1, 0.15) is 5.78 Å². The van der Waals surface area contributed by atoms with Gasteiger partial charge < -0.3 is 14.2 Å². The van der Waals surface area contributed by atoms with Crippen molar-refractivity contribution >= 4 is 5.78 Å². The minimum absolute atomic E-state index is 0.0868. The number of ether oxygens (including phenoxy) is 3. The molecule has 132 valence electrons. The quantitative estimate of drug-likeness (QED) is 0.716. The van der Waals surface area contributed by atoms with Crippen LogP contribution in [-0.4, -0.2) is 56.5 Å². The van der Waals surface area contributed by atoms with Crippen molar-refractivity contribution in [3.8, 4) is 0 Å². The van der Waals surface area contributed by atoms with Gasteiger partial charge in [-0.15, -0.1) is 0 Å². The molecule has 24 heavy (non-hydrogen) atoms. The third-order valence-electron chi connectivity index (χ3n) is 5.23. The van der Waals surface area contributed by atoms with Gasteiger partial charge in [-0.3, -0.25) is 9.69 Å². The molecule has 2 aliphatic heterocycles. The summed E-state index contributed by atoms with van der Waals surface area (Å²) in [5.74, 6) is 0.337. The summed E-state index contributed by atoms with van der Waals surface area (Å²) in [6.07, 6.45) is 1.62. The zero-order chi connectivity index (χ0) is 16.9. The smallest absolute Gasteiger partial charge is 0.163 e. The number of methoxy groups -OCH3 is 2. The van der Waals surface area contributed by atoms with Gasteiger partial charge in [0, 0.05) is 38.8 Å². The van der Waals surface area contributed by atoms with Crippen LogP contribution in [0.1, 0.15) is 24.8 Å². The number of benzene rings is 1. The molecule has 2 saturated heterocycles. The van der Waals surface area contributed by atoms with Crippen LogP contribution in [0.3, 0.4) is 0 Å². The van der Waals surface area contributed by atoms with E-state index in [0.717, 1.165) is 19.4 Å². The van der Waals surface area contributed by atoms with Crippen molar-refractivity contribution in [3.63, 3.8) is 0 Å². The number of hydrogen-bond donors (Lipinski definition) is 0. The van der Waals surface area contributed by atoms with E-state index >= 15 is 0 Å². The van der Waals surface area contributed by atoms with Gasteiger partial charge in [0.15, 0.2) is 6.29 Å². The summed E-state index contributed by atoms with van der Waals surface area (Å²) in [5, 5.41) is 0. The van der Waals surface area contributed by atoms with Crippen molar-refractivity contribution in [1.29, 1.82) is 0 Å². The number of ketones is 1. The molecule has 5 heteroatoms. The third-order valence-corrected chi connectivity index (χ3v) is 5.23. The van der Waals surface area contributed by atoms with Crippen molar-refractivity contribution in [2.75, 3.05) is 27.4 Å². The lowest BCUT2D eigenvalue weighted by Gasteiger charge is -2.48. The first kappa shape index (κ1) is 17.5. The van der Waals surface area contributed by atoms with E-state index in [-0.39, 0.29) is 11.7 Å². The standard InChI is InChI=1S/C19H27NO4/c1-22-19(23-2)10-18(21)15-8-16-12-24-13-17(9-15)20(16)11-14-6-4-3-5-7-14/h3-7,15-17,19H,8-13H2,1-2H3. The largest absolute Gasteiger partial charge is 0.378 e. The molecule has 0 radical (unpaired) electrons. The zero-order valence-corrected chi connectivity index (χ0v) is 14.5. The highest BCUT2D eigenvalue weighted by Crippen LogP contribution is 2.34. The molecule has 3 rings (SSSR count). The van der Waals surface area contributed by atoms with E-state index < -0.39 is 6.29 Å². The molecule has 1 aromatic rings. The number of carbonyl (C=O) groups is 1. The molecule has 2 unspecified atom stereocenters. The Morgan fingerprint density at radius 3 is 2.38 bits per heavy atom. The third kappa shape index (κ3) is 4.03. The van der Waals surface area contributed by atoms with Crippen molar-refractivity contribution in [2.45, 2.75) is 44.2 Å². The van der Waals surface area contributed by atoms with Crippen molar-refractivity contribution in [1.82, 2.24) is 4.90 Å². The van der Waals surface area contributed by atoms with E-state index in [2.05, 4.69) is 29.2 Å². The highest BCUT2D eigenvalue weighted by atomic mass is 16.7. The van der Waals surface area contributed by atoms with Gasteiger partial charge in [-0.25, -0.2) is 0 Å². The molecule has 0 N–H and O–H groups in total. The molecule has 2 fully saturated rings. The second-order valence-electron chi connectivity index (χ2n) is 6.74. The monoisotopic (exact) mass is 333 g/mol. The molecule has 0 spiro atoms. The molecular formula is C19H27NO4. The minimum Gasteiger partial charge on any atom is -0.378 e. The molecule has 1 aromatic carbocycles. The Kier molecular flexibility index (Phi) is 6.00. The molecule has 5 nitrogen and oxygen atoms in total. The number of fused-ring (bicyclic) bond motifs is 2. The van der Waals surface area contributed by atoms with Gasteiger partial charge >= 0.3 is 0 Å². The van der Waals surface area contributed by atoms with Gasteiger partial charge in [0.05, 0.1) is 19.6 Å². The van der Waals surface area contributed by atoms with E-state index in [1.165, 1.54) is 5.56 Å². The first-order valence-electron chi connectivity index (χ1n) is 8.67. The van der Waals surface area contributed by atoms with Gasteiger partial charge in [0.25, 0.3) is 0 Å². The van der Waals surface area contributed by atoms with E-state index in [9.17, 15) is 4.79 Å². The van der Waals surface area contributed by atoms with Crippen LogP contribution in [-0.2, 0) is 25.5 Å². The van der Waals surface area contributed by atoms with E-state index in [4.69, 9.17) is 14.2 Å². The highest BCUT2D eigenvalue weighted by molar-refractivity contribution is 5.81. The summed E-state index contributed by atoms with van der Waals surface area (Å²) in [6.45, 7) is 2.36. The van der Waals surface area contributed by atoms with E-state index in [1.807, 2.05) is 6.07 Å². The minimum atomic E-state index is -0.434. The highest BCUT2D eigenvalue weighted by Gasteiger charge is 2.41. The lowest BCUT2D eigenvalue weighted by atomic mass is 9.81. The lowest BCUT2D eigenvalue weighted by Crippen LogP contribution is -2.57. The maximum Gasteiger partial charge on any atom is 0.163 e. The lowest BCUT2D eigenvalue weighted by molar-refractivity contribution is -0.148. The molecule has 2 aliphatic rings. The predicted molar refractivity (Wildman–Crippen MR) is 90.5 cm³/mol. The second-order valence-corrected chi connectivity index (χ2v) is 6.74. The first-order chi connectivity index (χ1) is 11.7. The van der Waals surface area contributed by atoms with Crippen molar-refractivity contribution < 1.29 is 19.0 Å². The Bertz CT molecular complexity index is 517. The SMILES string of the molecule is COC(CC(=O)C1CC2COCC(C1)N2Cc1ccccc1)OC. The maximum absolute atomic E-state index is 12.6. The maximum atomic E-state index is 12.6. The fourth-order valence-corrected chi connectivity index (χ4v) is 3.90. The van der Waals surface area contributed by atoms with Gasteiger partial charge in [-0.2, -0.15) is 0 Å². The van der Waals surface area contributed by atoms with Crippen LogP contribution < -0.4 is 0 Å². The predicted octanol–water partition coefficient (Wildman–Crippen LogP) is 2.24. The van der Waals surface area contributed by atoms with Gasteiger partial charge in [0.2, 0.25) is 0 Å². The summed E-state index contributed by atoms with van der Waals surface area (Å²) in [7, 11) is 3.15. The molecule has 0 aromatic heterocycles. The summed E-state index contributed by atoms with van der Waals surface area (Å²) < 4.78 is 16.1. The average Bonchev–Trinajstić information content (AvgIpc) is 2.60. The average molecular weight is 333 g/mol. The number of morpholine rings is 1. The number of carbonyl (C=O) groups excluding carboxylic acids is 1. The number of rotatable bonds is 7. The summed E-state index contributed by atoms with van der Waals surface area (Å²) >= 11 is 0. The molecule has 0 saturated carbocycles. The van der Waals surface area contributed by atoms with Crippen LogP contribution in [0.4, 0.5) is 0 Å². The number of piperidine rings is 1. The fraction of sp³-hybridized carbons (Fsp3) is 0.632. The topological polar surface area (TPSA) is 48.0 Å². The van der Waals surface area contributed by atoms with Gasteiger partial charge in [-0.05, 0) is 18.4 Å². The van der Waals surface area contributed by atoms with Crippen LogP contribution in [0.5, 0.6) is 0 Å².